The van der Waals surface area contributed by atoms with Gasteiger partial charge < -0.3 is 15.5 Å². The highest BCUT2D eigenvalue weighted by Gasteiger charge is 2.26. The van der Waals surface area contributed by atoms with Crippen molar-refractivity contribution in [3.05, 3.63) is 23.7 Å². The molecule has 1 amide bonds. The molecular formula is C11H16N2O2. The number of rotatable bonds is 3. The molecule has 1 saturated carbocycles. The van der Waals surface area contributed by atoms with Crippen molar-refractivity contribution in [2.24, 2.45) is 11.7 Å². The number of furan rings is 1. The highest BCUT2D eigenvalue weighted by molar-refractivity contribution is 5.91. The van der Waals surface area contributed by atoms with E-state index in [9.17, 15) is 4.79 Å². The highest BCUT2D eigenvalue weighted by Crippen LogP contribution is 2.24. The van der Waals surface area contributed by atoms with E-state index in [1.165, 1.54) is 0 Å². The van der Waals surface area contributed by atoms with Gasteiger partial charge in [-0.05, 0) is 37.8 Å². The van der Waals surface area contributed by atoms with Crippen LogP contribution in [0, 0.1) is 12.8 Å². The fraction of sp³-hybridized carbons (Fsp3) is 0.545. The van der Waals surface area contributed by atoms with Gasteiger partial charge in [-0.3, -0.25) is 4.79 Å². The molecule has 0 aromatic carbocycles. The number of aryl methyl sites for hydroxylation is 1. The molecule has 1 aromatic rings. The molecule has 1 fully saturated rings. The molecule has 4 nitrogen and oxygen atoms in total. The summed E-state index contributed by atoms with van der Waals surface area (Å²) in [5.74, 6) is 1.55. The summed E-state index contributed by atoms with van der Waals surface area (Å²) in [4.78, 5) is 11.5. The molecule has 0 spiro atoms. The molecule has 15 heavy (non-hydrogen) atoms. The predicted molar refractivity (Wildman–Crippen MR) is 56.5 cm³/mol. The van der Waals surface area contributed by atoms with Crippen LogP contribution in [-0.2, 0) is 0 Å². The van der Waals surface area contributed by atoms with E-state index in [4.69, 9.17) is 10.2 Å². The second-order valence-corrected chi connectivity index (χ2v) is 4.22. The maximum atomic E-state index is 11.5. The van der Waals surface area contributed by atoms with Gasteiger partial charge in [0.05, 0.1) is 0 Å². The second kappa shape index (κ2) is 4.06. The molecule has 3 N–H and O–H groups in total. The van der Waals surface area contributed by atoms with Gasteiger partial charge in [-0.1, -0.05) is 0 Å². The second-order valence-electron chi connectivity index (χ2n) is 4.22. The summed E-state index contributed by atoms with van der Waals surface area (Å²) in [6.07, 6.45) is 2.02. The topological polar surface area (TPSA) is 68.3 Å². The summed E-state index contributed by atoms with van der Waals surface area (Å²) in [5, 5.41) is 2.85. The van der Waals surface area contributed by atoms with Crippen molar-refractivity contribution in [2.45, 2.75) is 25.8 Å². The zero-order chi connectivity index (χ0) is 10.8. The summed E-state index contributed by atoms with van der Waals surface area (Å²) < 4.78 is 5.21. The summed E-state index contributed by atoms with van der Waals surface area (Å²) in [6.45, 7) is 2.52. The lowest BCUT2D eigenvalue weighted by molar-refractivity contribution is 0.0906. The Balaban J connectivity index is 1.78. The van der Waals surface area contributed by atoms with Gasteiger partial charge in [0, 0.05) is 12.6 Å². The lowest BCUT2D eigenvalue weighted by Gasteiger charge is -2.32. The van der Waals surface area contributed by atoms with Gasteiger partial charge in [-0.15, -0.1) is 0 Å². The molecule has 1 aliphatic carbocycles. The van der Waals surface area contributed by atoms with E-state index in [1.807, 2.05) is 6.92 Å². The molecule has 1 aromatic heterocycles. The summed E-state index contributed by atoms with van der Waals surface area (Å²) in [5.41, 5.74) is 5.66. The Hall–Kier alpha value is -1.29. The average molecular weight is 208 g/mol. The fourth-order valence-corrected chi connectivity index (χ4v) is 1.83. The van der Waals surface area contributed by atoms with Crippen LogP contribution in [0.4, 0.5) is 0 Å². The van der Waals surface area contributed by atoms with Gasteiger partial charge in [0.25, 0.3) is 5.91 Å². The SMILES string of the molecule is Cc1ccc(C(=O)NCC2CC(N)C2)o1. The molecule has 82 valence electrons. The fourth-order valence-electron chi connectivity index (χ4n) is 1.83. The zero-order valence-electron chi connectivity index (χ0n) is 8.82. The van der Waals surface area contributed by atoms with Crippen LogP contribution in [0.25, 0.3) is 0 Å². The average Bonchev–Trinajstić information content (AvgIpc) is 2.57. The van der Waals surface area contributed by atoms with Gasteiger partial charge in [0.15, 0.2) is 5.76 Å². The molecule has 4 heteroatoms. The van der Waals surface area contributed by atoms with E-state index in [0.29, 0.717) is 24.3 Å². The van der Waals surface area contributed by atoms with Gasteiger partial charge in [0.1, 0.15) is 5.76 Å². The van der Waals surface area contributed by atoms with Gasteiger partial charge in [-0.2, -0.15) is 0 Å². The Bertz CT molecular complexity index is 353. The van der Waals surface area contributed by atoms with Crippen molar-refractivity contribution in [3.8, 4) is 0 Å². The number of nitrogens with two attached hydrogens (primary N) is 1. The first kappa shape index (κ1) is 10.2. The molecule has 0 aliphatic heterocycles. The quantitative estimate of drug-likeness (QED) is 0.780. The number of carbonyl (C=O) groups is 1. The third-order valence-electron chi connectivity index (χ3n) is 2.79. The van der Waals surface area contributed by atoms with Crippen LogP contribution in [0.1, 0.15) is 29.2 Å². The molecule has 0 unspecified atom stereocenters. The highest BCUT2D eigenvalue weighted by atomic mass is 16.3. The monoisotopic (exact) mass is 208 g/mol. The van der Waals surface area contributed by atoms with E-state index >= 15 is 0 Å². The van der Waals surface area contributed by atoms with Crippen molar-refractivity contribution < 1.29 is 9.21 Å². The smallest absolute Gasteiger partial charge is 0.287 e. The van der Waals surface area contributed by atoms with Crippen LogP contribution in [0.3, 0.4) is 0 Å². The lowest BCUT2D eigenvalue weighted by Crippen LogP contribution is -2.42. The Kier molecular flexibility index (Phi) is 2.77. The van der Waals surface area contributed by atoms with Crippen LogP contribution in [0.2, 0.25) is 0 Å². The molecule has 2 rings (SSSR count). The first-order chi connectivity index (χ1) is 7.15. The van der Waals surface area contributed by atoms with Crippen LogP contribution >= 0.6 is 0 Å². The van der Waals surface area contributed by atoms with Crippen molar-refractivity contribution in [3.63, 3.8) is 0 Å². The van der Waals surface area contributed by atoms with E-state index < -0.39 is 0 Å². The number of hydrogen-bond acceptors (Lipinski definition) is 3. The van der Waals surface area contributed by atoms with E-state index in [1.54, 1.807) is 12.1 Å². The lowest BCUT2D eigenvalue weighted by atomic mass is 9.81. The van der Waals surface area contributed by atoms with Crippen molar-refractivity contribution in [1.29, 1.82) is 0 Å². The minimum Gasteiger partial charge on any atom is -0.456 e. The molecule has 1 heterocycles. The molecule has 0 saturated heterocycles. The predicted octanol–water partition coefficient (Wildman–Crippen LogP) is 1.06. The molecule has 0 bridgehead atoms. The van der Waals surface area contributed by atoms with Crippen LogP contribution in [-0.4, -0.2) is 18.5 Å². The van der Waals surface area contributed by atoms with Gasteiger partial charge in [-0.25, -0.2) is 0 Å². The molecule has 0 radical (unpaired) electrons. The molecule has 0 atom stereocenters. The number of amides is 1. The van der Waals surface area contributed by atoms with Crippen LogP contribution in [0.5, 0.6) is 0 Å². The Morgan fingerprint density at radius 3 is 2.87 bits per heavy atom. The third-order valence-corrected chi connectivity index (χ3v) is 2.79. The largest absolute Gasteiger partial charge is 0.456 e. The number of carbonyl (C=O) groups excluding carboxylic acids is 1. The first-order valence-corrected chi connectivity index (χ1v) is 5.25. The summed E-state index contributed by atoms with van der Waals surface area (Å²) in [6, 6.07) is 3.81. The normalized spacial score (nSPS) is 24.7. The summed E-state index contributed by atoms with van der Waals surface area (Å²) >= 11 is 0. The molecular weight excluding hydrogens is 192 g/mol. The minimum absolute atomic E-state index is 0.136. The zero-order valence-corrected chi connectivity index (χ0v) is 8.82. The van der Waals surface area contributed by atoms with Crippen LogP contribution < -0.4 is 11.1 Å². The third kappa shape index (κ3) is 2.39. The minimum atomic E-state index is -0.136. The first-order valence-electron chi connectivity index (χ1n) is 5.25. The Morgan fingerprint density at radius 2 is 2.33 bits per heavy atom. The van der Waals surface area contributed by atoms with Crippen molar-refractivity contribution >= 4 is 5.91 Å². The Morgan fingerprint density at radius 1 is 1.60 bits per heavy atom. The summed E-state index contributed by atoms with van der Waals surface area (Å²) in [7, 11) is 0. The van der Waals surface area contributed by atoms with E-state index in [2.05, 4.69) is 5.32 Å². The maximum Gasteiger partial charge on any atom is 0.287 e. The van der Waals surface area contributed by atoms with Crippen molar-refractivity contribution in [1.82, 2.24) is 5.32 Å². The van der Waals surface area contributed by atoms with Crippen molar-refractivity contribution in [2.75, 3.05) is 6.54 Å². The number of hydrogen-bond donors (Lipinski definition) is 2. The van der Waals surface area contributed by atoms with Gasteiger partial charge >= 0.3 is 0 Å². The standard InChI is InChI=1S/C11H16N2O2/c1-7-2-3-10(15-7)11(14)13-6-8-4-9(12)5-8/h2-3,8-9H,4-6,12H2,1H3,(H,13,14). The Labute approximate surface area is 88.8 Å². The molecule has 1 aliphatic rings. The number of nitrogens with one attached hydrogen (secondary N) is 1. The van der Waals surface area contributed by atoms with Gasteiger partial charge in [0.2, 0.25) is 0 Å². The van der Waals surface area contributed by atoms with E-state index in [-0.39, 0.29) is 5.91 Å². The van der Waals surface area contributed by atoms with Crippen LogP contribution in [0.15, 0.2) is 16.5 Å². The maximum absolute atomic E-state index is 11.5. The van der Waals surface area contributed by atoms with E-state index in [0.717, 1.165) is 18.6 Å².